The minimum absolute atomic E-state index is 0.0762. The zero-order valence-corrected chi connectivity index (χ0v) is 13.8. The normalized spacial score (nSPS) is 14.7. The van der Waals surface area contributed by atoms with Gasteiger partial charge < -0.3 is 10.1 Å². The predicted octanol–water partition coefficient (Wildman–Crippen LogP) is 1.28. The number of nitrogens with one attached hydrogen (secondary N) is 2. The van der Waals surface area contributed by atoms with E-state index in [9.17, 15) is 18.8 Å². The number of imide groups is 1. The van der Waals surface area contributed by atoms with Crippen LogP contribution < -0.4 is 15.4 Å². The molecule has 0 atom stereocenters. The first kappa shape index (κ1) is 17.5. The lowest BCUT2D eigenvalue weighted by molar-refractivity contribution is -0.138. The fourth-order valence-electron chi connectivity index (χ4n) is 2.64. The zero-order valence-electron chi connectivity index (χ0n) is 13.8. The third-order valence-electron chi connectivity index (χ3n) is 3.87. The van der Waals surface area contributed by atoms with Crippen molar-refractivity contribution in [2.75, 3.05) is 12.4 Å². The second-order valence-corrected chi connectivity index (χ2v) is 5.70. The summed E-state index contributed by atoms with van der Waals surface area (Å²) in [4.78, 5) is 43.1. The number of piperidine rings is 1. The van der Waals surface area contributed by atoms with Crippen LogP contribution in [0.3, 0.4) is 0 Å². The number of nitrogens with zero attached hydrogens (tertiary/aromatic N) is 2. The van der Waals surface area contributed by atoms with E-state index in [0.29, 0.717) is 17.0 Å². The molecule has 0 unspecified atom stereocenters. The van der Waals surface area contributed by atoms with Crippen molar-refractivity contribution in [3.8, 4) is 17.0 Å². The molecule has 1 fully saturated rings. The molecule has 2 N–H and O–H groups in total. The van der Waals surface area contributed by atoms with Gasteiger partial charge >= 0.3 is 0 Å². The Morgan fingerprint density at radius 3 is 2.65 bits per heavy atom. The summed E-state index contributed by atoms with van der Waals surface area (Å²) in [6.45, 7) is 0. The number of halogens is 1. The standard InChI is InChI=1S/C17H15FN4O4/c1-26-13-3-2-10(18)6-11(13)12-7-14(20-8-19-12)21-17(25)9-4-15(23)22-16(24)5-9/h2-3,6-9H,4-5H2,1H3,(H,22,23,24)(H,19,20,21,25). The van der Waals surface area contributed by atoms with E-state index in [4.69, 9.17) is 4.74 Å². The zero-order chi connectivity index (χ0) is 18.7. The Morgan fingerprint density at radius 2 is 1.96 bits per heavy atom. The van der Waals surface area contributed by atoms with E-state index in [-0.39, 0.29) is 18.7 Å². The molecule has 8 nitrogen and oxygen atoms in total. The number of methoxy groups -OCH3 is 1. The highest BCUT2D eigenvalue weighted by Gasteiger charge is 2.30. The van der Waals surface area contributed by atoms with Gasteiger partial charge in [0.05, 0.1) is 18.7 Å². The van der Waals surface area contributed by atoms with Crippen molar-refractivity contribution in [1.29, 1.82) is 0 Å². The Kier molecular flexibility index (Phi) is 4.87. The molecule has 9 heteroatoms. The highest BCUT2D eigenvalue weighted by atomic mass is 19.1. The van der Waals surface area contributed by atoms with Crippen LogP contribution in [0.1, 0.15) is 12.8 Å². The Bertz CT molecular complexity index is 871. The highest BCUT2D eigenvalue weighted by molar-refractivity contribution is 6.04. The van der Waals surface area contributed by atoms with Gasteiger partial charge in [-0.05, 0) is 18.2 Å². The van der Waals surface area contributed by atoms with Crippen molar-refractivity contribution in [3.63, 3.8) is 0 Å². The van der Waals surface area contributed by atoms with E-state index in [1.807, 2.05) is 0 Å². The number of hydrogen-bond donors (Lipinski definition) is 2. The first-order valence-electron chi connectivity index (χ1n) is 7.76. The molecule has 1 aromatic carbocycles. The van der Waals surface area contributed by atoms with Crippen molar-refractivity contribution >= 4 is 23.5 Å². The summed E-state index contributed by atoms with van der Waals surface area (Å²) < 4.78 is 18.8. The highest BCUT2D eigenvalue weighted by Crippen LogP contribution is 2.30. The molecule has 1 aromatic heterocycles. The van der Waals surface area contributed by atoms with Gasteiger partial charge in [0.25, 0.3) is 0 Å². The van der Waals surface area contributed by atoms with E-state index in [0.717, 1.165) is 0 Å². The van der Waals surface area contributed by atoms with E-state index >= 15 is 0 Å². The van der Waals surface area contributed by atoms with Gasteiger partial charge in [-0.15, -0.1) is 0 Å². The number of ether oxygens (including phenoxy) is 1. The van der Waals surface area contributed by atoms with E-state index in [1.54, 1.807) is 0 Å². The molecule has 1 aliphatic heterocycles. The van der Waals surface area contributed by atoms with Crippen LogP contribution in [0, 0.1) is 11.7 Å². The summed E-state index contributed by atoms with van der Waals surface area (Å²) in [5.74, 6) is -2.12. The molecule has 2 aromatic rings. The van der Waals surface area contributed by atoms with Gasteiger partial charge in [-0.25, -0.2) is 14.4 Å². The fraction of sp³-hybridized carbons (Fsp3) is 0.235. The minimum atomic E-state index is -0.765. The predicted molar refractivity (Wildman–Crippen MR) is 88.5 cm³/mol. The van der Waals surface area contributed by atoms with E-state index in [2.05, 4.69) is 20.6 Å². The quantitative estimate of drug-likeness (QED) is 0.797. The molecule has 3 amide bonds. The number of carbonyl (C=O) groups excluding carboxylic acids is 3. The molecule has 0 saturated carbocycles. The number of rotatable bonds is 4. The Labute approximate surface area is 147 Å². The van der Waals surface area contributed by atoms with E-state index in [1.165, 1.54) is 37.7 Å². The van der Waals surface area contributed by atoms with Gasteiger partial charge in [0.2, 0.25) is 17.7 Å². The first-order valence-corrected chi connectivity index (χ1v) is 7.76. The Hall–Kier alpha value is -3.36. The van der Waals surface area contributed by atoms with Gasteiger partial charge in [-0.1, -0.05) is 0 Å². The molecular formula is C17H15FN4O4. The van der Waals surface area contributed by atoms with Crippen molar-refractivity contribution in [2.45, 2.75) is 12.8 Å². The Morgan fingerprint density at radius 1 is 1.23 bits per heavy atom. The fourth-order valence-corrected chi connectivity index (χ4v) is 2.64. The van der Waals surface area contributed by atoms with Crippen molar-refractivity contribution in [3.05, 3.63) is 36.4 Å². The Balaban J connectivity index is 1.82. The SMILES string of the molecule is COc1ccc(F)cc1-c1cc(NC(=O)C2CC(=O)NC(=O)C2)ncn1. The van der Waals surface area contributed by atoms with Crippen molar-refractivity contribution < 1.29 is 23.5 Å². The van der Waals surface area contributed by atoms with E-state index < -0.39 is 29.5 Å². The lowest BCUT2D eigenvalue weighted by Crippen LogP contribution is -2.42. The lowest BCUT2D eigenvalue weighted by Gasteiger charge is -2.20. The van der Waals surface area contributed by atoms with Gasteiger partial charge in [0, 0.05) is 24.5 Å². The van der Waals surface area contributed by atoms with Crippen LogP contribution in [-0.2, 0) is 14.4 Å². The second kappa shape index (κ2) is 7.26. The molecule has 0 radical (unpaired) electrons. The third kappa shape index (κ3) is 3.82. The van der Waals surface area contributed by atoms with Crippen LogP contribution in [0.15, 0.2) is 30.6 Å². The number of aromatic nitrogens is 2. The van der Waals surface area contributed by atoms with Crippen LogP contribution in [-0.4, -0.2) is 34.8 Å². The first-order chi connectivity index (χ1) is 12.5. The van der Waals surface area contributed by atoms with Crippen molar-refractivity contribution in [2.24, 2.45) is 5.92 Å². The second-order valence-electron chi connectivity index (χ2n) is 5.70. The topological polar surface area (TPSA) is 110 Å². The molecular weight excluding hydrogens is 343 g/mol. The van der Waals surface area contributed by atoms with Gasteiger partial charge in [-0.3, -0.25) is 19.7 Å². The number of benzene rings is 1. The molecule has 2 heterocycles. The van der Waals surface area contributed by atoms with Crippen LogP contribution in [0.25, 0.3) is 11.3 Å². The van der Waals surface area contributed by atoms with Gasteiger partial charge in [-0.2, -0.15) is 0 Å². The summed E-state index contributed by atoms with van der Waals surface area (Å²) in [5, 5.41) is 4.70. The lowest BCUT2D eigenvalue weighted by atomic mass is 9.96. The number of hydrogen-bond acceptors (Lipinski definition) is 6. The molecule has 26 heavy (non-hydrogen) atoms. The van der Waals surface area contributed by atoms with Gasteiger partial charge in [0.15, 0.2) is 0 Å². The molecule has 0 bridgehead atoms. The summed E-state index contributed by atoms with van der Waals surface area (Å²) in [5.41, 5.74) is 0.752. The summed E-state index contributed by atoms with van der Waals surface area (Å²) in [6.07, 6.45) is 1.06. The number of amides is 3. The largest absolute Gasteiger partial charge is 0.496 e. The molecule has 3 rings (SSSR count). The summed E-state index contributed by atoms with van der Waals surface area (Å²) in [6, 6.07) is 5.45. The number of carbonyl (C=O) groups is 3. The average Bonchev–Trinajstić information content (AvgIpc) is 2.61. The van der Waals surface area contributed by atoms with Gasteiger partial charge in [0.1, 0.15) is 23.7 Å². The maximum atomic E-state index is 13.6. The minimum Gasteiger partial charge on any atom is -0.496 e. The maximum Gasteiger partial charge on any atom is 0.229 e. The van der Waals surface area contributed by atoms with Crippen molar-refractivity contribution in [1.82, 2.24) is 15.3 Å². The molecule has 1 aliphatic rings. The summed E-state index contributed by atoms with van der Waals surface area (Å²) >= 11 is 0. The molecule has 0 aliphatic carbocycles. The molecule has 0 spiro atoms. The third-order valence-corrected chi connectivity index (χ3v) is 3.87. The smallest absolute Gasteiger partial charge is 0.229 e. The van der Waals surface area contributed by atoms with Crippen LogP contribution >= 0.6 is 0 Å². The monoisotopic (exact) mass is 358 g/mol. The molecule has 1 saturated heterocycles. The van der Waals surface area contributed by atoms with Crippen LogP contribution in [0.5, 0.6) is 5.75 Å². The van der Waals surface area contributed by atoms with Crippen LogP contribution in [0.4, 0.5) is 10.2 Å². The maximum absolute atomic E-state index is 13.6. The summed E-state index contributed by atoms with van der Waals surface area (Å²) in [7, 11) is 1.45. The average molecular weight is 358 g/mol. The molecule has 134 valence electrons. The number of anilines is 1. The van der Waals surface area contributed by atoms with Crippen LogP contribution in [0.2, 0.25) is 0 Å².